The minimum absolute atomic E-state index is 0.0695. The van der Waals surface area contributed by atoms with Crippen LogP contribution in [0.5, 0.6) is 11.5 Å². The molecule has 0 fully saturated rings. The zero-order chi connectivity index (χ0) is 17.1. The molecule has 0 amide bonds. The summed E-state index contributed by atoms with van der Waals surface area (Å²) < 4.78 is 1.61. The third-order valence-electron chi connectivity index (χ3n) is 3.99. The van der Waals surface area contributed by atoms with E-state index >= 15 is 0 Å². The van der Waals surface area contributed by atoms with E-state index in [-0.39, 0.29) is 36.8 Å². The average Bonchev–Trinajstić information content (AvgIpc) is 2.55. The maximum Gasteiger partial charge on any atom is 0.176 e. The second-order valence-electron chi connectivity index (χ2n) is 5.35. The molecular weight excluding hydrogens is 300 g/mol. The van der Waals surface area contributed by atoms with Gasteiger partial charge in [-0.25, -0.2) is 0 Å². The standard InChI is InChI=1S/C16H20N2O5/c1-9-15(22)13(7-20)11(3-17-9)4-18-5-12(6-19)14(8-21)16(23)10(18)2/h3,5,19-21H,4,6-8H2,1-2H3,(H-,22,23). The first-order chi connectivity index (χ1) is 10.9. The van der Waals surface area contributed by atoms with Gasteiger partial charge in [0.05, 0.1) is 25.5 Å². The van der Waals surface area contributed by atoms with Gasteiger partial charge in [-0.1, -0.05) is 0 Å². The molecule has 0 spiro atoms. The quantitative estimate of drug-likeness (QED) is 0.540. The van der Waals surface area contributed by atoms with Crippen LogP contribution in [0.2, 0.25) is 0 Å². The van der Waals surface area contributed by atoms with Crippen molar-refractivity contribution in [2.24, 2.45) is 0 Å². The van der Waals surface area contributed by atoms with Crippen molar-refractivity contribution in [2.75, 3.05) is 0 Å². The van der Waals surface area contributed by atoms with Crippen molar-refractivity contribution >= 4 is 0 Å². The maximum absolute atomic E-state index is 12.3. The van der Waals surface area contributed by atoms with Crippen molar-refractivity contribution in [3.05, 3.63) is 46.0 Å². The lowest BCUT2D eigenvalue weighted by molar-refractivity contribution is -0.697. The smallest absolute Gasteiger partial charge is 0.176 e. The summed E-state index contributed by atoms with van der Waals surface area (Å²) in [6.07, 6.45) is 3.12. The van der Waals surface area contributed by atoms with Crippen LogP contribution in [0, 0.1) is 13.8 Å². The third-order valence-corrected chi connectivity index (χ3v) is 3.99. The monoisotopic (exact) mass is 320 g/mol. The minimum Gasteiger partial charge on any atom is -0.868 e. The van der Waals surface area contributed by atoms with Gasteiger partial charge in [-0.15, -0.1) is 0 Å². The molecule has 0 radical (unpaired) electrons. The van der Waals surface area contributed by atoms with Crippen LogP contribution < -0.4 is 9.67 Å². The van der Waals surface area contributed by atoms with Crippen LogP contribution in [0.3, 0.4) is 0 Å². The highest BCUT2D eigenvalue weighted by Gasteiger charge is 2.19. The summed E-state index contributed by atoms with van der Waals surface area (Å²) >= 11 is 0. The van der Waals surface area contributed by atoms with Crippen molar-refractivity contribution < 1.29 is 30.1 Å². The molecule has 2 aromatic rings. The SMILES string of the molecule is Cc1ncc(C[n+]2cc(CO)c(CO)c([O-])c2C)c(CO)c1O. The Kier molecular flexibility index (Phi) is 5.15. The highest BCUT2D eigenvalue weighted by atomic mass is 16.3. The van der Waals surface area contributed by atoms with Gasteiger partial charge in [0.1, 0.15) is 5.75 Å². The van der Waals surface area contributed by atoms with E-state index in [1.807, 2.05) is 0 Å². The molecule has 0 aliphatic carbocycles. The largest absolute Gasteiger partial charge is 0.868 e. The van der Waals surface area contributed by atoms with E-state index in [0.29, 0.717) is 28.1 Å². The van der Waals surface area contributed by atoms with Gasteiger partial charge in [-0.2, -0.15) is 4.57 Å². The van der Waals surface area contributed by atoms with Crippen molar-refractivity contribution in [3.8, 4) is 11.5 Å². The molecule has 0 aliphatic heterocycles. The predicted molar refractivity (Wildman–Crippen MR) is 78.3 cm³/mol. The van der Waals surface area contributed by atoms with Crippen LogP contribution in [-0.4, -0.2) is 25.4 Å². The topological polar surface area (TPSA) is 121 Å². The number of hydrogen-bond donors (Lipinski definition) is 4. The second kappa shape index (κ2) is 6.91. The molecule has 2 aromatic heterocycles. The molecule has 2 rings (SSSR count). The summed E-state index contributed by atoms with van der Waals surface area (Å²) in [5.74, 6) is -0.408. The zero-order valence-corrected chi connectivity index (χ0v) is 13.1. The molecule has 4 N–H and O–H groups in total. The third kappa shape index (κ3) is 3.12. The van der Waals surface area contributed by atoms with Gasteiger partial charge in [-0.05, 0) is 18.2 Å². The van der Waals surface area contributed by atoms with Gasteiger partial charge in [0.2, 0.25) is 0 Å². The molecule has 0 saturated carbocycles. The van der Waals surface area contributed by atoms with Crippen molar-refractivity contribution in [3.63, 3.8) is 0 Å². The Labute approximate surface area is 133 Å². The number of aryl methyl sites for hydroxylation is 1. The number of aromatic nitrogens is 2. The van der Waals surface area contributed by atoms with Gasteiger partial charge in [0, 0.05) is 29.8 Å². The van der Waals surface area contributed by atoms with Crippen LogP contribution >= 0.6 is 0 Å². The highest BCUT2D eigenvalue weighted by molar-refractivity contribution is 5.40. The summed E-state index contributed by atoms with van der Waals surface area (Å²) in [5, 5.41) is 50.4. The van der Waals surface area contributed by atoms with Crippen molar-refractivity contribution in [2.45, 2.75) is 40.2 Å². The molecular formula is C16H20N2O5. The Balaban J connectivity index is 2.53. The normalized spacial score (nSPS) is 11.0. The van der Waals surface area contributed by atoms with Crippen LogP contribution in [-0.2, 0) is 26.4 Å². The summed E-state index contributed by atoms with van der Waals surface area (Å²) in [6.45, 7) is 2.29. The Morgan fingerprint density at radius 2 is 1.70 bits per heavy atom. The first kappa shape index (κ1) is 17.1. The Hall–Kier alpha value is -2.22. The van der Waals surface area contributed by atoms with Gasteiger partial charge in [-0.3, -0.25) is 4.98 Å². The van der Waals surface area contributed by atoms with E-state index in [1.54, 1.807) is 24.6 Å². The lowest BCUT2D eigenvalue weighted by atomic mass is 10.1. The lowest BCUT2D eigenvalue weighted by Gasteiger charge is -2.18. The van der Waals surface area contributed by atoms with Crippen LogP contribution in [0.15, 0.2) is 12.4 Å². The molecule has 7 nitrogen and oxygen atoms in total. The van der Waals surface area contributed by atoms with Crippen LogP contribution in [0.4, 0.5) is 0 Å². The summed E-state index contributed by atoms with van der Waals surface area (Å²) in [6, 6.07) is 0. The number of aromatic hydroxyl groups is 1. The lowest BCUT2D eigenvalue weighted by Crippen LogP contribution is -2.40. The Morgan fingerprint density at radius 3 is 2.26 bits per heavy atom. The van der Waals surface area contributed by atoms with Gasteiger partial charge in [0.25, 0.3) is 0 Å². The highest BCUT2D eigenvalue weighted by Crippen LogP contribution is 2.25. The zero-order valence-electron chi connectivity index (χ0n) is 13.1. The van der Waals surface area contributed by atoms with Gasteiger partial charge in [0.15, 0.2) is 18.4 Å². The number of hydrogen-bond acceptors (Lipinski definition) is 6. The Morgan fingerprint density at radius 1 is 1.04 bits per heavy atom. The van der Waals surface area contributed by atoms with E-state index in [9.17, 15) is 25.5 Å². The fraction of sp³-hybridized carbons (Fsp3) is 0.375. The Bertz CT molecular complexity index is 731. The van der Waals surface area contributed by atoms with E-state index in [1.165, 1.54) is 6.20 Å². The number of nitrogens with zero attached hydrogens (tertiary/aromatic N) is 2. The maximum atomic E-state index is 12.3. The van der Waals surface area contributed by atoms with Crippen molar-refractivity contribution in [1.29, 1.82) is 0 Å². The molecule has 0 unspecified atom stereocenters. The number of pyridine rings is 2. The van der Waals surface area contributed by atoms with Crippen LogP contribution in [0.25, 0.3) is 0 Å². The first-order valence-corrected chi connectivity index (χ1v) is 7.15. The summed E-state index contributed by atoms with van der Waals surface area (Å²) in [4.78, 5) is 4.07. The molecule has 0 aliphatic rings. The fourth-order valence-corrected chi connectivity index (χ4v) is 2.51. The van der Waals surface area contributed by atoms with Gasteiger partial charge >= 0.3 is 0 Å². The molecule has 0 bridgehead atoms. The predicted octanol–water partition coefficient (Wildman–Crippen LogP) is -0.710. The second-order valence-corrected chi connectivity index (χ2v) is 5.35. The molecule has 124 valence electrons. The minimum atomic E-state index is -0.439. The van der Waals surface area contributed by atoms with E-state index in [0.717, 1.165) is 0 Å². The molecule has 2 heterocycles. The van der Waals surface area contributed by atoms with E-state index in [2.05, 4.69) is 4.98 Å². The number of rotatable bonds is 5. The van der Waals surface area contributed by atoms with E-state index in [4.69, 9.17) is 0 Å². The summed E-state index contributed by atoms with van der Waals surface area (Å²) in [7, 11) is 0. The molecule has 7 heteroatoms. The first-order valence-electron chi connectivity index (χ1n) is 7.15. The number of aliphatic hydroxyl groups is 3. The molecule has 0 saturated heterocycles. The van der Waals surface area contributed by atoms with Crippen LogP contribution in [0.1, 0.15) is 33.6 Å². The number of aliphatic hydroxyl groups excluding tert-OH is 3. The van der Waals surface area contributed by atoms with Gasteiger partial charge < -0.3 is 25.5 Å². The van der Waals surface area contributed by atoms with Crippen molar-refractivity contribution in [1.82, 2.24) is 4.98 Å². The fourth-order valence-electron chi connectivity index (χ4n) is 2.51. The molecule has 0 aromatic carbocycles. The summed E-state index contributed by atoms with van der Waals surface area (Å²) in [5.41, 5.74) is 2.25. The molecule has 0 atom stereocenters. The molecule has 23 heavy (non-hydrogen) atoms. The van der Waals surface area contributed by atoms with E-state index < -0.39 is 6.61 Å². The average molecular weight is 320 g/mol.